The molecule has 0 spiro atoms. The van der Waals surface area contributed by atoms with Gasteiger partial charge in [-0.25, -0.2) is 4.99 Å². The van der Waals surface area contributed by atoms with Crippen LogP contribution in [0.25, 0.3) is 0 Å². The lowest BCUT2D eigenvalue weighted by Crippen LogP contribution is -2.45. The predicted octanol–water partition coefficient (Wildman–Crippen LogP) is 3.88. The van der Waals surface area contributed by atoms with Gasteiger partial charge in [0.1, 0.15) is 12.0 Å². The van der Waals surface area contributed by atoms with Crippen LogP contribution in [0.1, 0.15) is 43.3 Å². The zero-order valence-electron chi connectivity index (χ0n) is 16.1. The molecule has 2 aromatic rings. The van der Waals surface area contributed by atoms with E-state index in [0.717, 1.165) is 43.8 Å². The molecule has 6 nitrogen and oxygen atoms in total. The standard InChI is InChI=1S/C19H29N5OS.HI/c1-3-20-19(21-13-16-8-11-25-23-16)22-14-17(18-5-4-12-26-18)24-9-6-15(2)7-10-24;/h4-5,8,11-12,15,17H,3,6-7,9-10,13-14H2,1-2H3,(H2,20,21,22);1H. The van der Waals surface area contributed by atoms with Gasteiger partial charge in [0.15, 0.2) is 5.96 Å². The SMILES string of the molecule is CCNC(=NCc1ccon1)NCC(c1cccs1)N1CCC(C)CC1.I. The number of nitrogens with zero attached hydrogens (tertiary/aromatic N) is 3. The van der Waals surface area contributed by atoms with Crippen LogP contribution in [0.4, 0.5) is 0 Å². The Morgan fingerprint density at radius 1 is 1.37 bits per heavy atom. The molecule has 1 unspecified atom stereocenters. The van der Waals surface area contributed by atoms with Crippen molar-refractivity contribution in [3.8, 4) is 0 Å². The Hall–Kier alpha value is -1.13. The van der Waals surface area contributed by atoms with Crippen molar-refractivity contribution in [2.24, 2.45) is 10.9 Å². The molecule has 1 saturated heterocycles. The highest BCUT2D eigenvalue weighted by atomic mass is 127. The van der Waals surface area contributed by atoms with Crippen molar-refractivity contribution in [2.75, 3.05) is 26.2 Å². The molecule has 27 heavy (non-hydrogen) atoms. The second kappa shape index (κ2) is 11.7. The maximum atomic E-state index is 4.88. The molecule has 0 bridgehead atoms. The van der Waals surface area contributed by atoms with Crippen LogP contribution >= 0.6 is 35.3 Å². The number of aromatic nitrogens is 1. The van der Waals surface area contributed by atoms with Gasteiger partial charge in [0, 0.05) is 24.0 Å². The monoisotopic (exact) mass is 503 g/mol. The third-order valence-corrected chi connectivity index (χ3v) is 5.80. The number of hydrogen-bond acceptors (Lipinski definition) is 5. The lowest BCUT2D eigenvalue weighted by Gasteiger charge is -2.36. The van der Waals surface area contributed by atoms with Crippen LogP contribution in [0.2, 0.25) is 0 Å². The quantitative estimate of drug-likeness (QED) is 0.341. The largest absolute Gasteiger partial charge is 0.364 e. The summed E-state index contributed by atoms with van der Waals surface area (Å²) in [6, 6.07) is 6.62. The van der Waals surface area contributed by atoms with Gasteiger partial charge in [-0.3, -0.25) is 4.90 Å². The van der Waals surface area contributed by atoms with Crippen LogP contribution in [0.5, 0.6) is 0 Å². The molecule has 2 N–H and O–H groups in total. The molecule has 1 atom stereocenters. The Labute approximate surface area is 182 Å². The number of piperidine rings is 1. The average molecular weight is 503 g/mol. The molecule has 0 amide bonds. The number of hydrogen-bond donors (Lipinski definition) is 2. The average Bonchev–Trinajstić information content (AvgIpc) is 3.35. The van der Waals surface area contributed by atoms with Gasteiger partial charge in [0.2, 0.25) is 0 Å². The lowest BCUT2D eigenvalue weighted by molar-refractivity contribution is 0.140. The zero-order chi connectivity index (χ0) is 18.2. The van der Waals surface area contributed by atoms with E-state index in [1.807, 2.05) is 17.4 Å². The van der Waals surface area contributed by atoms with E-state index in [0.29, 0.717) is 12.6 Å². The minimum atomic E-state index is 0. The van der Waals surface area contributed by atoms with E-state index in [9.17, 15) is 0 Å². The van der Waals surface area contributed by atoms with E-state index in [4.69, 9.17) is 4.52 Å². The summed E-state index contributed by atoms with van der Waals surface area (Å²) in [5, 5.41) is 12.9. The normalized spacial score (nSPS) is 17.3. The summed E-state index contributed by atoms with van der Waals surface area (Å²) in [6.45, 7) is 8.95. The van der Waals surface area contributed by atoms with Crippen molar-refractivity contribution in [3.05, 3.63) is 40.4 Å². The second-order valence-electron chi connectivity index (χ2n) is 6.82. The van der Waals surface area contributed by atoms with Crippen LogP contribution < -0.4 is 10.6 Å². The van der Waals surface area contributed by atoms with Gasteiger partial charge < -0.3 is 15.2 Å². The number of rotatable bonds is 7. The minimum absolute atomic E-state index is 0. The molecule has 0 aromatic carbocycles. The molecule has 2 aromatic heterocycles. The molecule has 8 heteroatoms. The van der Waals surface area contributed by atoms with Crippen molar-refractivity contribution in [2.45, 2.75) is 39.3 Å². The van der Waals surface area contributed by atoms with Crippen LogP contribution in [0.15, 0.2) is 39.4 Å². The summed E-state index contributed by atoms with van der Waals surface area (Å²) < 4.78 is 4.88. The first-order valence-electron chi connectivity index (χ1n) is 9.45. The summed E-state index contributed by atoms with van der Waals surface area (Å²) >= 11 is 1.84. The van der Waals surface area contributed by atoms with Crippen LogP contribution in [-0.4, -0.2) is 42.2 Å². The summed E-state index contributed by atoms with van der Waals surface area (Å²) in [6.07, 6.45) is 4.14. The van der Waals surface area contributed by atoms with E-state index >= 15 is 0 Å². The van der Waals surface area contributed by atoms with Crippen molar-refractivity contribution in [1.82, 2.24) is 20.7 Å². The third-order valence-electron chi connectivity index (χ3n) is 4.83. The van der Waals surface area contributed by atoms with E-state index in [1.165, 1.54) is 17.7 Å². The van der Waals surface area contributed by atoms with Gasteiger partial charge in [-0.15, -0.1) is 35.3 Å². The van der Waals surface area contributed by atoms with Crippen LogP contribution in [-0.2, 0) is 6.54 Å². The number of nitrogens with one attached hydrogen (secondary N) is 2. The van der Waals surface area contributed by atoms with E-state index in [2.05, 4.69) is 57.0 Å². The Morgan fingerprint density at radius 2 is 2.19 bits per heavy atom. The minimum Gasteiger partial charge on any atom is -0.364 e. The van der Waals surface area contributed by atoms with Gasteiger partial charge in [0.05, 0.1) is 12.6 Å². The molecule has 3 heterocycles. The Kier molecular flexibility index (Phi) is 9.57. The van der Waals surface area contributed by atoms with Crippen molar-refractivity contribution in [3.63, 3.8) is 0 Å². The van der Waals surface area contributed by atoms with Crippen LogP contribution in [0.3, 0.4) is 0 Å². The molecule has 3 rings (SSSR count). The van der Waals surface area contributed by atoms with E-state index in [1.54, 1.807) is 6.26 Å². The number of thiophene rings is 1. The molecule has 0 aliphatic carbocycles. The van der Waals surface area contributed by atoms with Gasteiger partial charge in [-0.05, 0) is 50.2 Å². The predicted molar refractivity (Wildman–Crippen MR) is 122 cm³/mol. The maximum Gasteiger partial charge on any atom is 0.191 e. The molecular formula is C19H30IN5OS. The highest BCUT2D eigenvalue weighted by Gasteiger charge is 2.25. The zero-order valence-corrected chi connectivity index (χ0v) is 19.2. The van der Waals surface area contributed by atoms with E-state index in [-0.39, 0.29) is 24.0 Å². The number of aliphatic imine (C=N–C) groups is 1. The number of halogens is 1. The van der Waals surface area contributed by atoms with Gasteiger partial charge in [0.25, 0.3) is 0 Å². The van der Waals surface area contributed by atoms with Gasteiger partial charge >= 0.3 is 0 Å². The lowest BCUT2D eigenvalue weighted by atomic mass is 9.97. The highest BCUT2D eigenvalue weighted by molar-refractivity contribution is 14.0. The van der Waals surface area contributed by atoms with Crippen molar-refractivity contribution < 1.29 is 4.52 Å². The molecule has 0 saturated carbocycles. The topological polar surface area (TPSA) is 65.7 Å². The van der Waals surface area contributed by atoms with Crippen LogP contribution in [0, 0.1) is 5.92 Å². The molecule has 1 fully saturated rings. The van der Waals surface area contributed by atoms with Crippen molar-refractivity contribution in [1.29, 1.82) is 0 Å². The smallest absolute Gasteiger partial charge is 0.191 e. The molecule has 1 aliphatic heterocycles. The van der Waals surface area contributed by atoms with Gasteiger partial charge in [-0.1, -0.05) is 18.1 Å². The van der Waals surface area contributed by atoms with Gasteiger partial charge in [-0.2, -0.15) is 0 Å². The van der Waals surface area contributed by atoms with Crippen molar-refractivity contribution >= 4 is 41.3 Å². The highest BCUT2D eigenvalue weighted by Crippen LogP contribution is 2.29. The fraction of sp³-hybridized carbons (Fsp3) is 0.579. The summed E-state index contributed by atoms with van der Waals surface area (Å²) in [7, 11) is 0. The molecule has 150 valence electrons. The maximum absolute atomic E-state index is 4.88. The first kappa shape index (κ1) is 22.2. The first-order valence-corrected chi connectivity index (χ1v) is 10.3. The summed E-state index contributed by atoms with van der Waals surface area (Å²) in [4.78, 5) is 8.65. The first-order chi connectivity index (χ1) is 12.8. The molecule has 0 radical (unpaired) electrons. The fourth-order valence-electron chi connectivity index (χ4n) is 3.24. The summed E-state index contributed by atoms with van der Waals surface area (Å²) in [5.41, 5.74) is 0.835. The fourth-order valence-corrected chi connectivity index (χ4v) is 4.11. The van der Waals surface area contributed by atoms with E-state index < -0.39 is 0 Å². The second-order valence-corrected chi connectivity index (χ2v) is 7.80. The summed E-state index contributed by atoms with van der Waals surface area (Å²) in [5.74, 6) is 1.66. The molecule has 1 aliphatic rings. The third kappa shape index (κ3) is 6.76. The molecular weight excluding hydrogens is 473 g/mol. The Balaban J connectivity index is 0.00000261. The number of guanidine groups is 1. The Bertz CT molecular complexity index is 654. The number of likely N-dealkylation sites (tertiary alicyclic amines) is 1. The Morgan fingerprint density at radius 3 is 2.81 bits per heavy atom.